The number of nitrogens with zero attached hydrogens (tertiary/aromatic N) is 3. The number of benzene rings is 1. The van der Waals surface area contributed by atoms with E-state index in [0.29, 0.717) is 11.9 Å². The number of nitrogens with two attached hydrogens (primary N) is 1. The largest absolute Gasteiger partial charge is 0.382 e. The van der Waals surface area contributed by atoms with Gasteiger partial charge in [-0.2, -0.15) is 0 Å². The van der Waals surface area contributed by atoms with Gasteiger partial charge in [-0.1, -0.05) is 63.0 Å². The maximum Gasteiger partial charge on any atom is 0.152 e. The molecule has 1 aliphatic rings. The van der Waals surface area contributed by atoms with Crippen LogP contribution in [0.3, 0.4) is 0 Å². The first-order valence-electron chi connectivity index (χ1n) is 11.2. The molecule has 0 amide bonds. The van der Waals surface area contributed by atoms with Crippen molar-refractivity contribution >= 4 is 27.8 Å². The van der Waals surface area contributed by atoms with Crippen LogP contribution in [0, 0.1) is 0 Å². The first kappa shape index (κ1) is 19.9. The van der Waals surface area contributed by atoms with Crippen molar-refractivity contribution in [1.82, 2.24) is 19.9 Å². The minimum Gasteiger partial charge on any atom is -0.382 e. The summed E-state index contributed by atoms with van der Waals surface area (Å²) in [6.07, 6.45) is 14.5. The quantitative estimate of drug-likeness (QED) is 0.531. The Bertz CT molecular complexity index is 982. The minimum absolute atomic E-state index is 0.526. The molecule has 5 nitrogen and oxygen atoms in total. The van der Waals surface area contributed by atoms with Crippen LogP contribution < -0.4 is 11.1 Å². The summed E-state index contributed by atoms with van der Waals surface area (Å²) in [6, 6.07) is 8.92. The topological polar surface area (TPSA) is 68.8 Å². The smallest absolute Gasteiger partial charge is 0.152 e. The summed E-state index contributed by atoms with van der Waals surface area (Å²) >= 11 is 0. The number of unbranched alkanes of at least 4 members (excludes halogenated alkanes) is 1. The Hall–Kier alpha value is -2.40. The van der Waals surface area contributed by atoms with Crippen molar-refractivity contribution in [2.75, 3.05) is 12.3 Å². The molecule has 0 bridgehead atoms. The molecule has 0 radical (unpaired) electrons. The fourth-order valence-corrected chi connectivity index (χ4v) is 4.43. The van der Waals surface area contributed by atoms with Crippen LogP contribution in [0.25, 0.3) is 21.9 Å². The number of anilines is 1. The van der Waals surface area contributed by atoms with Crippen molar-refractivity contribution in [3.8, 4) is 0 Å². The minimum atomic E-state index is 0.526. The van der Waals surface area contributed by atoms with E-state index in [9.17, 15) is 0 Å². The van der Waals surface area contributed by atoms with E-state index in [2.05, 4.69) is 46.1 Å². The first-order valence-corrected chi connectivity index (χ1v) is 11.2. The summed E-state index contributed by atoms with van der Waals surface area (Å²) in [5, 5.41) is 4.81. The summed E-state index contributed by atoms with van der Waals surface area (Å²) in [5.74, 6) is 1.63. The molecule has 0 atom stereocenters. The third-order valence-corrected chi connectivity index (χ3v) is 6.03. The highest BCUT2D eigenvalue weighted by Crippen LogP contribution is 2.29. The Morgan fingerprint density at radius 1 is 1.14 bits per heavy atom. The van der Waals surface area contributed by atoms with E-state index in [-0.39, 0.29) is 0 Å². The fourth-order valence-electron chi connectivity index (χ4n) is 4.43. The predicted molar refractivity (Wildman–Crippen MR) is 122 cm³/mol. The average Bonchev–Trinajstić information content (AvgIpc) is 3.12. The van der Waals surface area contributed by atoms with Crippen LogP contribution in [0.15, 0.2) is 36.4 Å². The average molecular weight is 392 g/mol. The molecule has 5 heteroatoms. The second-order valence-electron chi connectivity index (χ2n) is 8.17. The Balaban J connectivity index is 1.59. The van der Waals surface area contributed by atoms with Gasteiger partial charge in [-0.05, 0) is 25.3 Å². The summed E-state index contributed by atoms with van der Waals surface area (Å²) in [5.41, 5.74) is 9.16. The maximum atomic E-state index is 6.28. The molecule has 154 valence electrons. The van der Waals surface area contributed by atoms with Crippen LogP contribution >= 0.6 is 0 Å². The van der Waals surface area contributed by atoms with Gasteiger partial charge in [0.15, 0.2) is 5.82 Å². The van der Waals surface area contributed by atoms with E-state index < -0.39 is 0 Å². The number of rotatable bonds is 8. The van der Waals surface area contributed by atoms with Crippen LogP contribution in [-0.4, -0.2) is 27.1 Å². The van der Waals surface area contributed by atoms with Gasteiger partial charge in [0.1, 0.15) is 11.3 Å². The number of hydrogen-bond acceptors (Lipinski definition) is 4. The number of nitrogen functional groups attached to an aromatic ring is 1. The van der Waals surface area contributed by atoms with Gasteiger partial charge in [-0.3, -0.25) is 0 Å². The summed E-state index contributed by atoms with van der Waals surface area (Å²) in [6.45, 7) is 3.97. The van der Waals surface area contributed by atoms with Crippen LogP contribution in [0.5, 0.6) is 0 Å². The zero-order chi connectivity index (χ0) is 20.1. The Morgan fingerprint density at radius 2 is 1.97 bits per heavy atom. The second-order valence-corrected chi connectivity index (χ2v) is 8.17. The lowest BCUT2D eigenvalue weighted by atomic mass is 9.95. The van der Waals surface area contributed by atoms with E-state index >= 15 is 0 Å². The van der Waals surface area contributed by atoms with E-state index in [0.717, 1.165) is 60.1 Å². The van der Waals surface area contributed by atoms with Gasteiger partial charge in [-0.25, -0.2) is 9.97 Å². The molecule has 0 spiro atoms. The van der Waals surface area contributed by atoms with Crippen LogP contribution in [-0.2, 0) is 13.0 Å². The molecule has 0 unspecified atom stereocenters. The van der Waals surface area contributed by atoms with Crippen molar-refractivity contribution in [2.45, 2.75) is 70.9 Å². The zero-order valence-electron chi connectivity index (χ0n) is 17.5. The Kier molecular flexibility index (Phi) is 6.45. The van der Waals surface area contributed by atoms with E-state index in [1.165, 1.54) is 32.1 Å². The number of allylic oxidation sites excluding steroid dienone is 1. The number of para-hydroxylation sites is 1. The number of nitrogens with one attached hydrogen (secondary N) is 1. The van der Waals surface area contributed by atoms with Gasteiger partial charge in [-0.15, -0.1) is 0 Å². The molecule has 4 rings (SSSR count). The van der Waals surface area contributed by atoms with Crippen molar-refractivity contribution < 1.29 is 0 Å². The third-order valence-electron chi connectivity index (χ3n) is 6.03. The number of pyridine rings is 1. The molecule has 1 fully saturated rings. The fraction of sp³-hybridized carbons (Fsp3) is 0.500. The van der Waals surface area contributed by atoms with Gasteiger partial charge in [0, 0.05) is 30.9 Å². The molecule has 2 aromatic heterocycles. The van der Waals surface area contributed by atoms with E-state index in [1.54, 1.807) is 0 Å². The molecule has 1 aromatic carbocycles. The Labute approximate surface area is 173 Å². The van der Waals surface area contributed by atoms with Crippen LogP contribution in [0.4, 0.5) is 5.82 Å². The predicted octanol–water partition coefficient (Wildman–Crippen LogP) is 4.99. The van der Waals surface area contributed by atoms with E-state index in [1.807, 2.05) is 12.1 Å². The molecule has 1 aliphatic carbocycles. The van der Waals surface area contributed by atoms with Crippen molar-refractivity contribution in [2.24, 2.45) is 0 Å². The number of fused-ring (bicyclic) bond motifs is 3. The summed E-state index contributed by atoms with van der Waals surface area (Å²) in [4.78, 5) is 9.47. The molecule has 29 heavy (non-hydrogen) atoms. The normalized spacial score (nSPS) is 15.8. The van der Waals surface area contributed by atoms with E-state index in [4.69, 9.17) is 10.7 Å². The number of aromatic nitrogens is 3. The molecular formula is C24H33N5. The lowest BCUT2D eigenvalue weighted by Crippen LogP contribution is -2.30. The van der Waals surface area contributed by atoms with Crippen molar-refractivity contribution in [1.29, 1.82) is 0 Å². The molecule has 3 aromatic rings. The summed E-state index contributed by atoms with van der Waals surface area (Å²) < 4.78 is 2.34. The lowest BCUT2D eigenvalue weighted by molar-refractivity contribution is 0.385. The van der Waals surface area contributed by atoms with Crippen molar-refractivity contribution in [3.05, 3.63) is 42.2 Å². The van der Waals surface area contributed by atoms with Gasteiger partial charge in [0.25, 0.3) is 0 Å². The standard InChI is InChI=1S/C24H33N5/c1-2-3-15-21-28-22-23(19-13-7-8-14-20(19)27-24(22)25)29(21)17-10-9-16-26-18-11-5-4-6-12-18/h7-10,13-14,18,26H,2-6,11-12,15-17H2,1H3,(H2,25,27)/b10-9+. The van der Waals surface area contributed by atoms with Gasteiger partial charge in [0.05, 0.1) is 11.0 Å². The SMILES string of the molecule is CCCCc1nc2c(N)nc3ccccc3c2n1C/C=C/CNC1CCCCC1. The highest BCUT2D eigenvalue weighted by molar-refractivity contribution is 6.06. The summed E-state index contributed by atoms with van der Waals surface area (Å²) in [7, 11) is 0. The molecular weight excluding hydrogens is 358 g/mol. The maximum absolute atomic E-state index is 6.28. The number of aryl methyl sites for hydroxylation is 1. The van der Waals surface area contributed by atoms with Gasteiger partial charge in [0.2, 0.25) is 0 Å². The number of hydrogen-bond donors (Lipinski definition) is 2. The van der Waals surface area contributed by atoms with Gasteiger partial charge >= 0.3 is 0 Å². The molecule has 3 N–H and O–H groups in total. The molecule has 2 heterocycles. The molecule has 1 saturated carbocycles. The zero-order valence-corrected chi connectivity index (χ0v) is 17.5. The van der Waals surface area contributed by atoms with Crippen LogP contribution in [0.1, 0.15) is 57.7 Å². The highest BCUT2D eigenvalue weighted by atomic mass is 15.1. The number of imidazole rings is 1. The molecule has 0 aliphatic heterocycles. The lowest BCUT2D eigenvalue weighted by Gasteiger charge is -2.22. The van der Waals surface area contributed by atoms with Gasteiger partial charge < -0.3 is 15.6 Å². The van der Waals surface area contributed by atoms with Crippen LogP contribution in [0.2, 0.25) is 0 Å². The molecule has 0 saturated heterocycles. The Morgan fingerprint density at radius 3 is 2.79 bits per heavy atom. The third kappa shape index (κ3) is 4.45. The van der Waals surface area contributed by atoms with Crippen molar-refractivity contribution in [3.63, 3.8) is 0 Å². The highest BCUT2D eigenvalue weighted by Gasteiger charge is 2.16. The monoisotopic (exact) mass is 391 g/mol. The second kappa shape index (κ2) is 9.40. The first-order chi connectivity index (χ1) is 14.3.